The zero-order valence-electron chi connectivity index (χ0n) is 18.7. The van der Waals surface area contributed by atoms with Crippen LogP contribution in [-0.4, -0.2) is 20.8 Å². The molecule has 2 aromatic carbocycles. The third kappa shape index (κ3) is 3.42. The Morgan fingerprint density at radius 3 is 2.73 bits per heavy atom. The van der Waals surface area contributed by atoms with Crippen LogP contribution in [0.3, 0.4) is 0 Å². The SMILES string of the molecule is Cc1c(-c2c(C(O)C#N)n(C)c(=O)c3c2ccn3Cc2ccccc2)ccc2c1CCCO2. The van der Waals surface area contributed by atoms with Gasteiger partial charge in [0.05, 0.1) is 12.3 Å². The van der Waals surface area contributed by atoms with E-state index in [4.69, 9.17) is 4.74 Å². The highest BCUT2D eigenvalue weighted by Gasteiger charge is 2.26. The lowest BCUT2D eigenvalue weighted by molar-refractivity contribution is 0.226. The lowest BCUT2D eigenvalue weighted by Gasteiger charge is -2.23. The number of rotatable bonds is 4. The topological polar surface area (TPSA) is 80.2 Å². The molecule has 166 valence electrons. The molecule has 1 aliphatic rings. The van der Waals surface area contributed by atoms with Crippen molar-refractivity contribution in [3.63, 3.8) is 0 Å². The molecule has 1 atom stereocenters. The first-order valence-electron chi connectivity index (χ1n) is 11.1. The maximum Gasteiger partial charge on any atom is 0.275 e. The number of benzene rings is 2. The minimum absolute atomic E-state index is 0.238. The van der Waals surface area contributed by atoms with Gasteiger partial charge in [-0.05, 0) is 54.2 Å². The average Bonchev–Trinajstić information content (AvgIpc) is 3.25. The highest BCUT2D eigenvalue weighted by molar-refractivity contribution is 5.97. The van der Waals surface area contributed by atoms with Crippen LogP contribution < -0.4 is 10.3 Å². The second kappa shape index (κ2) is 8.27. The number of aliphatic hydroxyl groups excluding tert-OH is 1. The van der Waals surface area contributed by atoms with Crippen LogP contribution in [0.25, 0.3) is 22.0 Å². The van der Waals surface area contributed by atoms with Crippen molar-refractivity contribution in [2.24, 2.45) is 7.05 Å². The molecule has 0 bridgehead atoms. The molecule has 0 fully saturated rings. The molecule has 0 aliphatic carbocycles. The van der Waals surface area contributed by atoms with E-state index in [1.54, 1.807) is 7.05 Å². The molecule has 0 radical (unpaired) electrons. The van der Waals surface area contributed by atoms with E-state index >= 15 is 0 Å². The summed E-state index contributed by atoms with van der Waals surface area (Å²) >= 11 is 0. The Bertz CT molecular complexity index is 1460. The van der Waals surface area contributed by atoms with E-state index < -0.39 is 6.10 Å². The molecule has 33 heavy (non-hydrogen) atoms. The van der Waals surface area contributed by atoms with Crippen LogP contribution in [-0.2, 0) is 20.0 Å². The van der Waals surface area contributed by atoms with E-state index in [-0.39, 0.29) is 5.56 Å². The molecule has 6 nitrogen and oxygen atoms in total. The Kier molecular flexibility index (Phi) is 5.27. The van der Waals surface area contributed by atoms with Crippen LogP contribution in [0.15, 0.2) is 59.5 Å². The van der Waals surface area contributed by atoms with Crippen LogP contribution in [0.1, 0.15) is 34.9 Å². The highest BCUT2D eigenvalue weighted by atomic mass is 16.5. The van der Waals surface area contributed by atoms with Gasteiger partial charge in [-0.3, -0.25) is 4.79 Å². The molecular formula is C27H25N3O3. The Morgan fingerprint density at radius 2 is 1.97 bits per heavy atom. The van der Waals surface area contributed by atoms with Gasteiger partial charge in [-0.2, -0.15) is 5.26 Å². The fourth-order valence-corrected chi connectivity index (χ4v) is 4.94. The second-order valence-corrected chi connectivity index (χ2v) is 8.51. The first-order chi connectivity index (χ1) is 16.0. The Morgan fingerprint density at radius 1 is 1.18 bits per heavy atom. The average molecular weight is 440 g/mol. The minimum Gasteiger partial charge on any atom is -0.493 e. The van der Waals surface area contributed by atoms with Crippen LogP contribution >= 0.6 is 0 Å². The fraction of sp³-hybridized carbons (Fsp3) is 0.259. The molecule has 1 aliphatic heterocycles. The third-order valence-corrected chi connectivity index (χ3v) is 6.59. The molecule has 1 unspecified atom stereocenters. The van der Waals surface area contributed by atoms with Gasteiger partial charge in [0, 0.05) is 30.7 Å². The molecule has 3 heterocycles. The van der Waals surface area contributed by atoms with Crippen molar-refractivity contribution in [3.05, 3.63) is 87.5 Å². The number of aromatic nitrogens is 2. The lowest BCUT2D eigenvalue weighted by atomic mass is 9.89. The predicted octanol–water partition coefficient (Wildman–Crippen LogP) is 4.25. The van der Waals surface area contributed by atoms with Crippen LogP contribution in [0, 0.1) is 18.3 Å². The van der Waals surface area contributed by atoms with Crippen LogP contribution in [0.5, 0.6) is 5.75 Å². The summed E-state index contributed by atoms with van der Waals surface area (Å²) in [4.78, 5) is 13.4. The number of nitrogens with zero attached hydrogens (tertiary/aromatic N) is 3. The number of hydrogen-bond acceptors (Lipinski definition) is 4. The number of hydrogen-bond donors (Lipinski definition) is 1. The van der Waals surface area contributed by atoms with Crippen molar-refractivity contribution in [2.75, 3.05) is 6.61 Å². The maximum atomic E-state index is 13.4. The summed E-state index contributed by atoms with van der Waals surface area (Å²) in [5.41, 5.74) is 5.53. The van der Waals surface area contributed by atoms with E-state index in [1.165, 1.54) is 4.57 Å². The van der Waals surface area contributed by atoms with E-state index in [0.29, 0.717) is 24.4 Å². The van der Waals surface area contributed by atoms with Gasteiger partial charge < -0.3 is 19.0 Å². The zero-order chi connectivity index (χ0) is 23.1. The Balaban J connectivity index is 1.82. The molecule has 0 spiro atoms. The van der Waals surface area contributed by atoms with Gasteiger partial charge in [-0.25, -0.2) is 0 Å². The van der Waals surface area contributed by atoms with Crippen LogP contribution in [0.4, 0.5) is 0 Å². The smallest absolute Gasteiger partial charge is 0.275 e. The van der Waals surface area contributed by atoms with Crippen molar-refractivity contribution in [1.82, 2.24) is 9.13 Å². The number of aliphatic hydroxyl groups is 1. The van der Waals surface area contributed by atoms with Gasteiger partial charge in [-0.1, -0.05) is 36.4 Å². The number of pyridine rings is 1. The molecule has 5 rings (SSSR count). The van der Waals surface area contributed by atoms with Gasteiger partial charge in [0.2, 0.25) is 0 Å². The first-order valence-corrected chi connectivity index (χ1v) is 11.1. The van der Waals surface area contributed by atoms with Crippen molar-refractivity contribution in [1.29, 1.82) is 5.26 Å². The zero-order valence-corrected chi connectivity index (χ0v) is 18.7. The molecule has 0 saturated carbocycles. The van der Waals surface area contributed by atoms with Gasteiger partial charge in [0.25, 0.3) is 5.56 Å². The first kappa shape index (κ1) is 21.0. The number of fused-ring (bicyclic) bond motifs is 2. The fourth-order valence-electron chi connectivity index (χ4n) is 4.94. The van der Waals surface area contributed by atoms with Gasteiger partial charge in [0.15, 0.2) is 6.10 Å². The molecule has 4 aromatic rings. The predicted molar refractivity (Wildman–Crippen MR) is 127 cm³/mol. The second-order valence-electron chi connectivity index (χ2n) is 8.51. The van der Waals surface area contributed by atoms with E-state index in [9.17, 15) is 15.2 Å². The Labute approximate surface area is 191 Å². The van der Waals surface area contributed by atoms with Crippen molar-refractivity contribution >= 4 is 10.9 Å². The van der Waals surface area contributed by atoms with Gasteiger partial charge >= 0.3 is 0 Å². The number of nitriles is 1. The monoisotopic (exact) mass is 439 g/mol. The maximum absolute atomic E-state index is 13.4. The van der Waals surface area contributed by atoms with E-state index in [0.717, 1.165) is 51.8 Å². The standard InChI is InChI=1S/C27H25N3O3/c1-17-19-9-6-14-33-23(19)11-10-20(17)24-21-12-13-30(16-18-7-4-3-5-8-18)25(21)27(32)29(2)26(24)22(31)15-28/h3-5,7-8,10-13,22,31H,6,9,14,16H2,1-2H3. The van der Waals surface area contributed by atoms with Crippen molar-refractivity contribution < 1.29 is 9.84 Å². The largest absolute Gasteiger partial charge is 0.493 e. The molecule has 6 heteroatoms. The van der Waals surface area contributed by atoms with Crippen molar-refractivity contribution in [3.8, 4) is 22.9 Å². The molecular weight excluding hydrogens is 414 g/mol. The third-order valence-electron chi connectivity index (χ3n) is 6.59. The quantitative estimate of drug-likeness (QED) is 0.482. The van der Waals surface area contributed by atoms with Gasteiger partial charge in [0.1, 0.15) is 17.3 Å². The molecule has 0 saturated heterocycles. The van der Waals surface area contributed by atoms with Gasteiger partial charge in [-0.15, -0.1) is 0 Å². The summed E-state index contributed by atoms with van der Waals surface area (Å²) in [6.45, 7) is 3.30. The van der Waals surface area contributed by atoms with E-state index in [2.05, 4.69) is 0 Å². The summed E-state index contributed by atoms with van der Waals surface area (Å²) in [7, 11) is 1.62. The Hall–Kier alpha value is -3.82. The summed E-state index contributed by atoms with van der Waals surface area (Å²) in [6, 6.07) is 17.7. The summed E-state index contributed by atoms with van der Waals surface area (Å²) in [5.74, 6) is 0.882. The normalized spacial score (nSPS) is 13.9. The minimum atomic E-state index is -1.42. The summed E-state index contributed by atoms with van der Waals surface area (Å²) in [6.07, 6.45) is 2.34. The lowest BCUT2D eigenvalue weighted by Crippen LogP contribution is -2.25. The molecule has 0 amide bonds. The summed E-state index contributed by atoms with van der Waals surface area (Å²) < 4.78 is 9.19. The highest BCUT2D eigenvalue weighted by Crippen LogP contribution is 2.40. The number of ether oxygens (including phenoxy) is 1. The molecule has 2 aromatic heterocycles. The summed E-state index contributed by atoms with van der Waals surface area (Å²) in [5, 5.41) is 21.0. The molecule has 1 N–H and O–H groups in total. The van der Waals surface area contributed by atoms with E-state index in [1.807, 2.05) is 72.3 Å². The van der Waals surface area contributed by atoms with Crippen LogP contribution in [0.2, 0.25) is 0 Å². The van der Waals surface area contributed by atoms with Crippen molar-refractivity contribution in [2.45, 2.75) is 32.4 Å².